The van der Waals surface area contributed by atoms with E-state index in [4.69, 9.17) is 4.74 Å². The fourth-order valence-corrected chi connectivity index (χ4v) is 2.74. The zero-order valence-corrected chi connectivity index (χ0v) is 12.4. The Bertz CT molecular complexity index is 752. The van der Waals surface area contributed by atoms with Gasteiger partial charge in [-0.15, -0.1) is 12.4 Å². The molecule has 2 aromatic carbocycles. The van der Waals surface area contributed by atoms with Crippen LogP contribution in [-0.4, -0.2) is 4.68 Å². The maximum absolute atomic E-state index is 5.87. The van der Waals surface area contributed by atoms with Gasteiger partial charge in [-0.2, -0.15) is 4.68 Å². The molecule has 4 heteroatoms. The molecule has 0 saturated carbocycles. The van der Waals surface area contributed by atoms with Crippen molar-refractivity contribution in [2.45, 2.75) is 19.6 Å². The maximum Gasteiger partial charge on any atom is 0.119 e. The molecule has 0 amide bonds. The number of rotatable bonds is 3. The number of halogens is 1. The van der Waals surface area contributed by atoms with Crippen molar-refractivity contribution in [1.29, 1.82) is 0 Å². The van der Waals surface area contributed by atoms with Crippen LogP contribution in [0.15, 0.2) is 54.7 Å². The molecule has 0 fully saturated rings. The number of nitrogens with zero attached hydrogens (tertiary/aromatic N) is 2. The van der Waals surface area contributed by atoms with Gasteiger partial charge in [0.25, 0.3) is 0 Å². The van der Waals surface area contributed by atoms with Crippen LogP contribution < -0.4 is 9.42 Å². The first-order chi connectivity index (χ1) is 9.90. The van der Waals surface area contributed by atoms with E-state index in [0.29, 0.717) is 6.61 Å². The Morgan fingerprint density at radius 2 is 2.00 bits per heavy atom. The number of aromatic nitrogens is 2. The summed E-state index contributed by atoms with van der Waals surface area (Å²) in [7, 11) is 0. The molecular formula is C17H17ClN2O. The smallest absolute Gasteiger partial charge is 0.119 e. The molecule has 1 aliphatic rings. The Kier molecular flexibility index (Phi) is 3.76. The van der Waals surface area contributed by atoms with Crippen molar-refractivity contribution in [1.82, 2.24) is 4.68 Å². The highest BCUT2D eigenvalue weighted by atomic mass is 35.5. The van der Waals surface area contributed by atoms with Gasteiger partial charge in [0, 0.05) is 6.54 Å². The number of aryl methyl sites for hydroxylation is 1. The summed E-state index contributed by atoms with van der Waals surface area (Å²) < 4.78 is 10.3. The lowest BCUT2D eigenvalue weighted by atomic mass is 10.2. The van der Waals surface area contributed by atoms with E-state index in [-0.39, 0.29) is 12.4 Å². The number of fused-ring (bicyclic) bond motifs is 3. The fourth-order valence-electron chi connectivity index (χ4n) is 2.74. The van der Waals surface area contributed by atoms with Crippen LogP contribution in [0.3, 0.4) is 0 Å². The van der Waals surface area contributed by atoms with Gasteiger partial charge in [-0.05, 0) is 35.6 Å². The lowest BCUT2D eigenvalue weighted by Crippen LogP contribution is -2.33. The standard InChI is InChI=1S/C17H16N2O.ClH/c1-2-5-14(6-3-1)13-20-16-7-8-17-15(11-16)12-18-9-4-10-19(17)18;/h1-3,5-9,11-12H,4,10,13H2;1H. The Morgan fingerprint density at radius 3 is 2.86 bits per heavy atom. The van der Waals surface area contributed by atoms with Gasteiger partial charge in [-0.25, -0.2) is 4.68 Å². The Hall–Kier alpha value is -2.13. The lowest BCUT2D eigenvalue weighted by Gasteiger charge is -2.06. The number of ether oxygens (including phenoxy) is 1. The normalized spacial score (nSPS) is 12.6. The van der Waals surface area contributed by atoms with E-state index in [1.54, 1.807) is 0 Å². The van der Waals surface area contributed by atoms with Gasteiger partial charge in [0.05, 0.1) is 18.3 Å². The van der Waals surface area contributed by atoms with Crippen molar-refractivity contribution in [3.63, 3.8) is 0 Å². The molecule has 3 aromatic rings. The fraction of sp³-hybridized carbons (Fsp3) is 0.176. The van der Waals surface area contributed by atoms with Gasteiger partial charge in [0.2, 0.25) is 0 Å². The molecule has 0 aliphatic carbocycles. The second kappa shape index (κ2) is 5.70. The van der Waals surface area contributed by atoms with Crippen LogP contribution in [0.4, 0.5) is 0 Å². The third-order valence-corrected chi connectivity index (χ3v) is 3.73. The molecule has 4 rings (SSSR count). The van der Waals surface area contributed by atoms with Gasteiger partial charge in [-0.3, -0.25) is 0 Å². The molecule has 3 nitrogen and oxygen atoms in total. The maximum atomic E-state index is 5.87. The van der Waals surface area contributed by atoms with E-state index in [1.165, 1.54) is 16.5 Å². The van der Waals surface area contributed by atoms with Gasteiger partial charge >= 0.3 is 0 Å². The topological polar surface area (TPSA) is 18.0 Å². The van der Waals surface area contributed by atoms with E-state index in [1.807, 2.05) is 18.2 Å². The van der Waals surface area contributed by atoms with E-state index < -0.39 is 0 Å². The van der Waals surface area contributed by atoms with Crippen LogP contribution in [0, 0.1) is 6.54 Å². The molecular weight excluding hydrogens is 284 g/mol. The van der Waals surface area contributed by atoms with Crippen molar-refractivity contribution in [3.8, 4) is 5.75 Å². The molecule has 0 atom stereocenters. The first kappa shape index (κ1) is 13.8. The predicted molar refractivity (Wildman–Crippen MR) is 84.5 cm³/mol. The van der Waals surface area contributed by atoms with Crippen LogP contribution in [0.5, 0.6) is 5.75 Å². The average Bonchev–Trinajstić information content (AvgIpc) is 3.06. The van der Waals surface area contributed by atoms with E-state index in [9.17, 15) is 0 Å². The third-order valence-electron chi connectivity index (χ3n) is 3.73. The zero-order chi connectivity index (χ0) is 13.4. The van der Waals surface area contributed by atoms with Gasteiger partial charge in [0.15, 0.2) is 0 Å². The Labute approximate surface area is 130 Å². The quantitative estimate of drug-likeness (QED) is 0.536. The first-order valence-electron chi connectivity index (χ1n) is 6.95. The molecule has 1 aliphatic heterocycles. The molecule has 108 valence electrons. The van der Waals surface area contributed by atoms with E-state index in [2.05, 4.69) is 52.4 Å². The summed E-state index contributed by atoms with van der Waals surface area (Å²) in [6.45, 7) is 3.89. The van der Waals surface area contributed by atoms with Crippen molar-refractivity contribution in [2.75, 3.05) is 0 Å². The van der Waals surface area contributed by atoms with Crippen LogP contribution >= 0.6 is 12.4 Å². The summed E-state index contributed by atoms with van der Waals surface area (Å²) in [4.78, 5) is 0. The summed E-state index contributed by atoms with van der Waals surface area (Å²) >= 11 is 0. The summed E-state index contributed by atoms with van der Waals surface area (Å²) in [5.74, 6) is 0.922. The second-order valence-corrected chi connectivity index (χ2v) is 5.10. The molecule has 0 bridgehead atoms. The van der Waals surface area contributed by atoms with Crippen LogP contribution in [-0.2, 0) is 13.2 Å². The number of hydrogen-bond donors (Lipinski definition) is 0. The summed E-state index contributed by atoms with van der Waals surface area (Å²) in [5.41, 5.74) is 2.46. The molecule has 0 N–H and O–H groups in total. The third kappa shape index (κ3) is 2.57. The molecule has 0 saturated heterocycles. The Morgan fingerprint density at radius 1 is 1.14 bits per heavy atom. The highest BCUT2D eigenvalue weighted by Crippen LogP contribution is 2.22. The average molecular weight is 301 g/mol. The molecule has 0 unspecified atom stereocenters. The molecule has 2 heterocycles. The van der Waals surface area contributed by atoms with E-state index >= 15 is 0 Å². The van der Waals surface area contributed by atoms with Crippen LogP contribution in [0.2, 0.25) is 0 Å². The van der Waals surface area contributed by atoms with Crippen LogP contribution in [0.1, 0.15) is 12.0 Å². The van der Waals surface area contributed by atoms with E-state index in [0.717, 1.165) is 18.7 Å². The summed E-state index contributed by atoms with van der Waals surface area (Å²) in [6.07, 6.45) is 3.28. The van der Waals surface area contributed by atoms with Gasteiger partial charge in [-0.1, -0.05) is 30.3 Å². The monoisotopic (exact) mass is 300 g/mol. The van der Waals surface area contributed by atoms with Crippen LogP contribution in [0.25, 0.3) is 10.9 Å². The number of hydrogen-bond acceptors (Lipinski definition) is 1. The largest absolute Gasteiger partial charge is 0.489 e. The predicted octanol–water partition coefficient (Wildman–Crippen LogP) is 3.34. The summed E-state index contributed by atoms with van der Waals surface area (Å²) in [5, 5.41) is 1.23. The Balaban J connectivity index is 0.00000132. The molecule has 21 heavy (non-hydrogen) atoms. The highest BCUT2D eigenvalue weighted by molar-refractivity contribution is 5.85. The summed E-state index contributed by atoms with van der Waals surface area (Å²) in [6, 6.07) is 16.6. The molecule has 0 spiro atoms. The molecule has 0 radical (unpaired) electrons. The lowest BCUT2D eigenvalue weighted by molar-refractivity contribution is -0.701. The zero-order valence-electron chi connectivity index (χ0n) is 11.6. The van der Waals surface area contributed by atoms with Crippen molar-refractivity contribution in [3.05, 3.63) is 66.8 Å². The number of benzene rings is 2. The SMILES string of the molecule is Cl.c1ccc(COc2ccc3c(c2)c[n+]2n3CC[CH-]2)cc1. The first-order valence-corrected chi connectivity index (χ1v) is 6.95. The van der Waals surface area contributed by atoms with Crippen molar-refractivity contribution in [2.24, 2.45) is 0 Å². The van der Waals surface area contributed by atoms with Crippen molar-refractivity contribution < 1.29 is 9.42 Å². The molecule has 1 aromatic heterocycles. The van der Waals surface area contributed by atoms with Gasteiger partial charge < -0.3 is 4.74 Å². The minimum absolute atomic E-state index is 0. The minimum Gasteiger partial charge on any atom is -0.489 e. The van der Waals surface area contributed by atoms with Gasteiger partial charge in [0.1, 0.15) is 12.4 Å². The highest BCUT2D eigenvalue weighted by Gasteiger charge is 2.15. The second-order valence-electron chi connectivity index (χ2n) is 5.10. The minimum atomic E-state index is 0. The van der Waals surface area contributed by atoms with Crippen molar-refractivity contribution >= 4 is 23.3 Å².